The molecule has 0 spiro atoms. The first-order chi connectivity index (χ1) is 22.5. The minimum atomic E-state index is -1.01. The summed E-state index contributed by atoms with van der Waals surface area (Å²) < 4.78 is 0. The molecular weight excluding hydrogens is 600 g/mol. The van der Waals surface area contributed by atoms with Crippen LogP contribution >= 0.6 is 0 Å². The van der Waals surface area contributed by atoms with E-state index in [4.69, 9.17) is 11.5 Å². The van der Waals surface area contributed by atoms with Crippen LogP contribution in [0.15, 0.2) is 60.7 Å². The van der Waals surface area contributed by atoms with Crippen LogP contribution in [0.2, 0.25) is 0 Å². The number of carbonyl (C=O) groups is 5. The number of nitrogens with two attached hydrogens (primary N) is 2. The topological polar surface area (TPSA) is 197 Å². The van der Waals surface area contributed by atoms with Crippen molar-refractivity contribution < 1.29 is 29.1 Å². The van der Waals surface area contributed by atoms with Crippen molar-refractivity contribution in [3.05, 3.63) is 71.8 Å². The summed E-state index contributed by atoms with van der Waals surface area (Å²) in [5.74, 6) is -3.22. The predicted molar refractivity (Wildman–Crippen MR) is 179 cm³/mol. The normalized spacial score (nSPS) is 16.1. The number of nitrogens with one attached hydrogen (secondary N) is 3. The minimum Gasteiger partial charge on any atom is -0.481 e. The molecule has 1 aliphatic heterocycles. The molecule has 0 unspecified atom stereocenters. The summed E-state index contributed by atoms with van der Waals surface area (Å²) in [7, 11) is 0. The molecule has 4 atom stereocenters. The molecule has 0 bridgehead atoms. The summed E-state index contributed by atoms with van der Waals surface area (Å²) in [6.07, 6.45) is 2.22. The van der Waals surface area contributed by atoms with Crippen molar-refractivity contribution in [1.82, 2.24) is 20.9 Å². The Bertz CT molecular complexity index is 1320. The lowest BCUT2D eigenvalue weighted by molar-refractivity contribution is -0.146. The second-order valence-electron chi connectivity index (χ2n) is 12.7. The van der Waals surface area contributed by atoms with E-state index in [1.165, 1.54) is 0 Å². The molecule has 12 nitrogen and oxygen atoms in total. The maximum absolute atomic E-state index is 13.8. The summed E-state index contributed by atoms with van der Waals surface area (Å²) in [6, 6.07) is 14.8. The van der Waals surface area contributed by atoms with Gasteiger partial charge in [-0.1, -0.05) is 74.5 Å². The summed E-state index contributed by atoms with van der Waals surface area (Å²) >= 11 is 0. The highest BCUT2D eigenvalue weighted by Crippen LogP contribution is 2.19. The molecule has 0 saturated carbocycles. The van der Waals surface area contributed by atoms with Crippen LogP contribution in [0.1, 0.15) is 57.1 Å². The van der Waals surface area contributed by atoms with Crippen molar-refractivity contribution in [3.8, 4) is 0 Å². The third-order valence-corrected chi connectivity index (χ3v) is 8.36. The van der Waals surface area contributed by atoms with Gasteiger partial charge in [0.05, 0.1) is 12.0 Å². The SMILES string of the molecule is CC(C)C[C@@H](NC(=O)[C@@H](Cc1ccccc1)NC(=O)[C@H](N)Cc1ccccc1)C(=O)N[C@H](CCCN)C(=O)N1CCC(C(=O)O)CC1. The number of hydrogen-bond acceptors (Lipinski definition) is 7. The molecule has 1 heterocycles. The number of benzene rings is 2. The lowest BCUT2D eigenvalue weighted by Crippen LogP contribution is -2.59. The number of piperidine rings is 1. The van der Waals surface area contributed by atoms with Gasteiger partial charge in [-0.05, 0) is 62.1 Å². The van der Waals surface area contributed by atoms with E-state index in [-0.39, 0.29) is 37.8 Å². The van der Waals surface area contributed by atoms with Gasteiger partial charge in [-0.25, -0.2) is 0 Å². The first-order valence-electron chi connectivity index (χ1n) is 16.4. The van der Waals surface area contributed by atoms with Crippen LogP contribution in [-0.2, 0) is 36.8 Å². The Morgan fingerprint density at radius 1 is 0.787 bits per heavy atom. The van der Waals surface area contributed by atoms with E-state index in [1.54, 1.807) is 4.90 Å². The second-order valence-corrected chi connectivity index (χ2v) is 12.7. The zero-order valence-corrected chi connectivity index (χ0v) is 27.4. The van der Waals surface area contributed by atoms with Gasteiger partial charge in [-0.2, -0.15) is 0 Å². The highest BCUT2D eigenvalue weighted by Gasteiger charge is 2.34. The van der Waals surface area contributed by atoms with Gasteiger partial charge in [0.15, 0.2) is 0 Å². The van der Waals surface area contributed by atoms with E-state index in [2.05, 4.69) is 16.0 Å². The molecule has 12 heteroatoms. The second kappa shape index (κ2) is 18.8. The van der Waals surface area contributed by atoms with Crippen molar-refractivity contribution in [1.29, 1.82) is 0 Å². The molecule has 2 aromatic carbocycles. The molecular formula is C35H50N6O6. The standard InChI is InChI=1S/C35H50N6O6/c1-23(2)20-29(32(43)38-28(14-9-17-36)34(45)41-18-15-26(16-19-41)35(46)47)40-33(44)30(22-25-12-7-4-8-13-25)39-31(42)27(37)21-24-10-5-3-6-11-24/h3-8,10-13,23,26-30H,9,14-22,36-37H2,1-2H3,(H,38,43)(H,39,42)(H,40,44)(H,46,47)/t27-,28-,29-,30-/m1/s1. The van der Waals surface area contributed by atoms with Crippen LogP contribution in [0.5, 0.6) is 0 Å². The summed E-state index contributed by atoms with van der Waals surface area (Å²) in [6.45, 7) is 4.72. The van der Waals surface area contributed by atoms with Gasteiger partial charge in [0, 0.05) is 19.5 Å². The number of rotatable bonds is 17. The van der Waals surface area contributed by atoms with Crippen LogP contribution in [-0.4, -0.2) is 83.4 Å². The van der Waals surface area contributed by atoms with Crippen LogP contribution in [0.25, 0.3) is 0 Å². The van der Waals surface area contributed by atoms with Gasteiger partial charge in [0.1, 0.15) is 18.1 Å². The largest absolute Gasteiger partial charge is 0.481 e. The highest BCUT2D eigenvalue weighted by molar-refractivity contribution is 5.95. The van der Waals surface area contributed by atoms with Gasteiger partial charge >= 0.3 is 5.97 Å². The Kier molecular flexibility index (Phi) is 14.8. The quantitative estimate of drug-likeness (QED) is 0.148. The number of carboxylic acid groups (broad SMARTS) is 1. The maximum atomic E-state index is 13.8. The Balaban J connectivity index is 1.75. The average Bonchev–Trinajstić information content (AvgIpc) is 3.06. The first-order valence-corrected chi connectivity index (χ1v) is 16.4. The van der Waals surface area contributed by atoms with Gasteiger partial charge < -0.3 is 37.4 Å². The maximum Gasteiger partial charge on any atom is 0.306 e. The molecule has 0 radical (unpaired) electrons. The molecule has 1 aliphatic rings. The number of likely N-dealkylation sites (tertiary alicyclic amines) is 1. The fourth-order valence-corrected chi connectivity index (χ4v) is 5.69. The number of carboxylic acids is 1. The first kappa shape index (κ1) is 37.2. The van der Waals surface area contributed by atoms with E-state index in [9.17, 15) is 29.1 Å². The molecule has 2 aromatic rings. The average molecular weight is 651 g/mol. The summed E-state index contributed by atoms with van der Waals surface area (Å²) in [5.41, 5.74) is 13.7. The number of nitrogens with zero attached hydrogens (tertiary/aromatic N) is 1. The van der Waals surface area contributed by atoms with Crippen LogP contribution in [0, 0.1) is 11.8 Å². The monoisotopic (exact) mass is 650 g/mol. The lowest BCUT2D eigenvalue weighted by Gasteiger charge is -2.33. The zero-order chi connectivity index (χ0) is 34.3. The van der Waals surface area contributed by atoms with Crippen molar-refractivity contribution in [2.24, 2.45) is 23.3 Å². The van der Waals surface area contributed by atoms with Crippen molar-refractivity contribution in [2.75, 3.05) is 19.6 Å². The summed E-state index contributed by atoms with van der Waals surface area (Å²) in [5, 5.41) is 17.8. The predicted octanol–water partition coefficient (Wildman–Crippen LogP) is 1.36. The van der Waals surface area contributed by atoms with Gasteiger partial charge in [0.25, 0.3) is 0 Å². The van der Waals surface area contributed by atoms with E-state index >= 15 is 0 Å². The van der Waals surface area contributed by atoms with Gasteiger partial charge in [0.2, 0.25) is 23.6 Å². The van der Waals surface area contributed by atoms with Crippen molar-refractivity contribution in [2.45, 2.75) is 83.0 Å². The number of aliphatic carboxylic acids is 1. The van der Waals surface area contributed by atoms with Crippen molar-refractivity contribution >= 4 is 29.6 Å². The fraction of sp³-hybridized carbons (Fsp3) is 0.514. The van der Waals surface area contributed by atoms with Crippen molar-refractivity contribution in [3.63, 3.8) is 0 Å². The molecule has 3 rings (SSSR count). The van der Waals surface area contributed by atoms with E-state index in [0.717, 1.165) is 11.1 Å². The molecule has 8 N–H and O–H groups in total. The molecule has 4 amide bonds. The third-order valence-electron chi connectivity index (χ3n) is 8.36. The highest BCUT2D eigenvalue weighted by atomic mass is 16.4. The molecule has 0 aliphatic carbocycles. The van der Waals surface area contributed by atoms with Crippen LogP contribution in [0.4, 0.5) is 0 Å². The third kappa shape index (κ3) is 12.1. The van der Waals surface area contributed by atoms with E-state index in [1.807, 2.05) is 74.5 Å². The van der Waals surface area contributed by atoms with Gasteiger partial charge in [-0.15, -0.1) is 0 Å². The Morgan fingerprint density at radius 3 is 1.83 bits per heavy atom. The Labute approximate surface area is 277 Å². The zero-order valence-electron chi connectivity index (χ0n) is 27.4. The molecule has 47 heavy (non-hydrogen) atoms. The van der Waals surface area contributed by atoms with Crippen LogP contribution < -0.4 is 27.4 Å². The van der Waals surface area contributed by atoms with E-state index < -0.39 is 53.8 Å². The lowest BCUT2D eigenvalue weighted by atomic mass is 9.96. The molecule has 256 valence electrons. The van der Waals surface area contributed by atoms with E-state index in [0.29, 0.717) is 38.6 Å². The van der Waals surface area contributed by atoms with Crippen LogP contribution in [0.3, 0.4) is 0 Å². The number of amides is 4. The summed E-state index contributed by atoms with van der Waals surface area (Å²) in [4.78, 5) is 67.2. The Hall–Kier alpha value is -4.29. The number of hydrogen-bond donors (Lipinski definition) is 6. The molecule has 1 fully saturated rings. The molecule has 0 aromatic heterocycles. The van der Waals surface area contributed by atoms with Gasteiger partial charge in [-0.3, -0.25) is 24.0 Å². The minimum absolute atomic E-state index is 0.0146. The molecule has 1 saturated heterocycles. The fourth-order valence-electron chi connectivity index (χ4n) is 5.69. The Morgan fingerprint density at radius 2 is 1.30 bits per heavy atom. The number of carbonyl (C=O) groups excluding carboxylic acids is 4. The smallest absolute Gasteiger partial charge is 0.306 e.